The van der Waals surface area contributed by atoms with Crippen LogP contribution in [0.5, 0.6) is 5.75 Å². The van der Waals surface area contributed by atoms with E-state index < -0.39 is 0 Å². The summed E-state index contributed by atoms with van der Waals surface area (Å²) >= 11 is 0. The Labute approximate surface area is 148 Å². The highest BCUT2D eigenvalue weighted by Gasteiger charge is 2.28. The molecule has 0 amide bonds. The van der Waals surface area contributed by atoms with Gasteiger partial charge in [0.2, 0.25) is 0 Å². The molecule has 0 bridgehead atoms. The van der Waals surface area contributed by atoms with E-state index in [0.717, 1.165) is 24.3 Å². The lowest BCUT2D eigenvalue weighted by atomic mass is 9.79. The molecule has 1 aromatic carbocycles. The molecule has 1 aromatic heterocycles. The normalized spacial score (nSPS) is 14.7. The van der Waals surface area contributed by atoms with E-state index in [0.29, 0.717) is 18.1 Å². The first-order valence-corrected chi connectivity index (χ1v) is 8.51. The van der Waals surface area contributed by atoms with Crippen LogP contribution in [-0.4, -0.2) is 19.2 Å². The van der Waals surface area contributed by atoms with Crippen LogP contribution in [0.3, 0.4) is 0 Å². The van der Waals surface area contributed by atoms with E-state index in [1.54, 1.807) is 19.1 Å². The van der Waals surface area contributed by atoms with Crippen molar-refractivity contribution >= 4 is 5.97 Å². The van der Waals surface area contributed by atoms with Crippen LogP contribution in [0.1, 0.15) is 49.8 Å². The molecular formula is C21H22O4. The zero-order chi connectivity index (χ0) is 17.9. The number of carbonyl (C=O) groups excluding carboxylic acids is 1. The summed E-state index contributed by atoms with van der Waals surface area (Å²) < 4.78 is 16.2. The van der Waals surface area contributed by atoms with Crippen LogP contribution in [0.2, 0.25) is 0 Å². The van der Waals surface area contributed by atoms with Gasteiger partial charge in [-0.15, -0.1) is 0 Å². The second-order valence-corrected chi connectivity index (χ2v) is 6.69. The zero-order valence-electron chi connectivity index (χ0n) is 14.8. The highest BCUT2D eigenvalue weighted by molar-refractivity contribution is 5.71. The number of hydrogen-bond donors (Lipinski definition) is 0. The van der Waals surface area contributed by atoms with Crippen LogP contribution < -0.4 is 4.74 Å². The Morgan fingerprint density at radius 2 is 2.08 bits per heavy atom. The van der Waals surface area contributed by atoms with E-state index >= 15 is 0 Å². The standard InChI is InChI=1S/C21H22O4/c1-4-23-20(22)14-17-9-8-16(25-17)7-5-15-6-10-19-18(13-15)21(2,3)11-12-24-19/h6,8-10,13H,4,11-12,14H2,1-3H3. The van der Waals surface area contributed by atoms with Gasteiger partial charge in [-0.25, -0.2) is 0 Å². The van der Waals surface area contributed by atoms with Crippen molar-refractivity contribution in [3.8, 4) is 17.6 Å². The molecule has 0 N–H and O–H groups in total. The van der Waals surface area contributed by atoms with Crippen molar-refractivity contribution in [2.45, 2.75) is 39.0 Å². The lowest BCUT2D eigenvalue weighted by Gasteiger charge is -2.32. The molecule has 1 aliphatic heterocycles. The number of benzene rings is 1. The first-order chi connectivity index (χ1) is 12.0. The van der Waals surface area contributed by atoms with Gasteiger partial charge < -0.3 is 13.9 Å². The van der Waals surface area contributed by atoms with E-state index in [9.17, 15) is 4.79 Å². The molecule has 0 unspecified atom stereocenters. The van der Waals surface area contributed by atoms with Crippen LogP contribution in [0.4, 0.5) is 0 Å². The van der Waals surface area contributed by atoms with Crippen LogP contribution >= 0.6 is 0 Å². The van der Waals surface area contributed by atoms with Gasteiger partial charge in [0.15, 0.2) is 5.76 Å². The number of furan rings is 1. The molecule has 0 fully saturated rings. The molecule has 0 atom stereocenters. The minimum Gasteiger partial charge on any atom is -0.493 e. The highest BCUT2D eigenvalue weighted by atomic mass is 16.5. The summed E-state index contributed by atoms with van der Waals surface area (Å²) in [6.45, 7) is 7.34. The number of rotatable bonds is 3. The molecule has 4 nitrogen and oxygen atoms in total. The Balaban J connectivity index is 1.76. The second kappa shape index (κ2) is 7.06. The molecule has 25 heavy (non-hydrogen) atoms. The van der Waals surface area contributed by atoms with Gasteiger partial charge >= 0.3 is 5.97 Å². The fraction of sp³-hybridized carbons (Fsp3) is 0.381. The molecule has 130 valence electrons. The third kappa shape index (κ3) is 4.06. The van der Waals surface area contributed by atoms with Crippen molar-refractivity contribution in [1.29, 1.82) is 0 Å². The zero-order valence-corrected chi connectivity index (χ0v) is 14.8. The third-order valence-corrected chi connectivity index (χ3v) is 4.31. The number of fused-ring (bicyclic) bond motifs is 1. The number of carbonyl (C=O) groups is 1. The van der Waals surface area contributed by atoms with Gasteiger partial charge in [-0.2, -0.15) is 0 Å². The molecule has 0 saturated heterocycles. The molecule has 1 aliphatic rings. The smallest absolute Gasteiger partial charge is 0.313 e. The van der Waals surface area contributed by atoms with Crippen molar-refractivity contribution in [3.63, 3.8) is 0 Å². The second-order valence-electron chi connectivity index (χ2n) is 6.69. The van der Waals surface area contributed by atoms with Crippen molar-refractivity contribution < 1.29 is 18.7 Å². The molecule has 4 heteroatoms. The van der Waals surface area contributed by atoms with Gasteiger partial charge in [0, 0.05) is 11.1 Å². The maximum atomic E-state index is 11.5. The quantitative estimate of drug-likeness (QED) is 0.630. The van der Waals surface area contributed by atoms with E-state index in [-0.39, 0.29) is 17.8 Å². The fourth-order valence-corrected chi connectivity index (χ4v) is 2.84. The molecule has 2 aromatic rings. The molecule has 2 heterocycles. The summed E-state index contributed by atoms with van der Waals surface area (Å²) in [5.41, 5.74) is 2.19. The molecular weight excluding hydrogens is 316 g/mol. The summed E-state index contributed by atoms with van der Waals surface area (Å²) in [5, 5.41) is 0. The Bertz CT molecular complexity index is 833. The van der Waals surface area contributed by atoms with E-state index in [1.807, 2.05) is 12.1 Å². The predicted molar refractivity (Wildman–Crippen MR) is 94.6 cm³/mol. The van der Waals surface area contributed by atoms with Gasteiger partial charge in [0.25, 0.3) is 0 Å². The summed E-state index contributed by atoms with van der Waals surface area (Å²) in [5.74, 6) is 7.87. The minimum atomic E-state index is -0.298. The van der Waals surface area contributed by atoms with Crippen molar-refractivity contribution in [1.82, 2.24) is 0 Å². The van der Waals surface area contributed by atoms with Crippen molar-refractivity contribution in [3.05, 3.63) is 53.0 Å². The minimum absolute atomic E-state index is 0.0861. The van der Waals surface area contributed by atoms with Gasteiger partial charge in [-0.1, -0.05) is 19.8 Å². The summed E-state index contributed by atoms with van der Waals surface area (Å²) in [7, 11) is 0. The molecule has 0 spiro atoms. The predicted octanol–water partition coefficient (Wildman–Crippen LogP) is 3.85. The van der Waals surface area contributed by atoms with E-state index in [2.05, 4.69) is 31.8 Å². The number of esters is 1. The Kier molecular flexibility index (Phi) is 4.85. The Morgan fingerprint density at radius 1 is 1.24 bits per heavy atom. The molecule has 0 radical (unpaired) electrons. The van der Waals surface area contributed by atoms with Gasteiger partial charge in [-0.05, 0) is 55.0 Å². The molecule has 0 aliphatic carbocycles. The first kappa shape index (κ1) is 17.2. The third-order valence-electron chi connectivity index (χ3n) is 4.31. The maximum absolute atomic E-state index is 11.5. The van der Waals surface area contributed by atoms with Gasteiger partial charge in [0.05, 0.1) is 13.2 Å². The lowest BCUT2D eigenvalue weighted by molar-refractivity contribution is -0.142. The molecule has 3 rings (SSSR count). The maximum Gasteiger partial charge on any atom is 0.313 e. The summed E-state index contributed by atoms with van der Waals surface area (Å²) in [4.78, 5) is 11.5. The van der Waals surface area contributed by atoms with Crippen LogP contribution in [0.25, 0.3) is 0 Å². The number of ether oxygens (including phenoxy) is 2. The largest absolute Gasteiger partial charge is 0.493 e. The Hall–Kier alpha value is -2.67. The van der Waals surface area contributed by atoms with E-state index in [1.165, 1.54) is 5.56 Å². The topological polar surface area (TPSA) is 48.7 Å². The van der Waals surface area contributed by atoms with Crippen molar-refractivity contribution in [2.24, 2.45) is 0 Å². The fourth-order valence-electron chi connectivity index (χ4n) is 2.84. The molecule has 0 saturated carbocycles. The summed E-state index contributed by atoms with van der Waals surface area (Å²) in [6.07, 6.45) is 1.12. The first-order valence-electron chi connectivity index (χ1n) is 8.51. The highest BCUT2D eigenvalue weighted by Crippen LogP contribution is 2.38. The van der Waals surface area contributed by atoms with Crippen LogP contribution in [0, 0.1) is 11.8 Å². The van der Waals surface area contributed by atoms with Gasteiger partial charge in [-0.3, -0.25) is 4.79 Å². The Morgan fingerprint density at radius 3 is 2.88 bits per heavy atom. The average molecular weight is 338 g/mol. The number of hydrogen-bond acceptors (Lipinski definition) is 4. The average Bonchev–Trinajstić information content (AvgIpc) is 3.00. The van der Waals surface area contributed by atoms with Gasteiger partial charge in [0.1, 0.15) is 17.9 Å². The SMILES string of the molecule is CCOC(=O)Cc1ccc(C#Cc2ccc3c(c2)C(C)(C)CCO3)o1. The lowest BCUT2D eigenvalue weighted by Crippen LogP contribution is -2.26. The summed E-state index contributed by atoms with van der Waals surface area (Å²) in [6, 6.07) is 9.55. The van der Waals surface area contributed by atoms with Crippen molar-refractivity contribution in [2.75, 3.05) is 13.2 Å². The van der Waals surface area contributed by atoms with E-state index in [4.69, 9.17) is 13.9 Å². The monoisotopic (exact) mass is 338 g/mol. The van der Waals surface area contributed by atoms with Crippen LogP contribution in [-0.2, 0) is 21.4 Å². The van der Waals surface area contributed by atoms with Crippen LogP contribution in [0.15, 0.2) is 34.7 Å².